The number of carbonyl (C=O) groups is 1. The number of benzene rings is 2. The number of likely N-dealkylation sites (tertiary alicyclic amines) is 1. The van der Waals surface area contributed by atoms with E-state index < -0.39 is 10.0 Å². The van der Waals surface area contributed by atoms with E-state index in [1.54, 1.807) is 29.2 Å². The quantitative estimate of drug-likeness (QED) is 0.614. The van der Waals surface area contributed by atoms with Gasteiger partial charge in [0.1, 0.15) is 0 Å². The lowest BCUT2D eigenvalue weighted by Gasteiger charge is -2.32. The van der Waals surface area contributed by atoms with Crippen LogP contribution in [0.25, 0.3) is 22.9 Å². The smallest absolute Gasteiger partial charge is 0.253 e. The summed E-state index contributed by atoms with van der Waals surface area (Å²) in [6, 6.07) is 14.9. The molecule has 4 rings (SSSR count). The van der Waals surface area contributed by atoms with Gasteiger partial charge in [0.2, 0.25) is 21.8 Å². The van der Waals surface area contributed by atoms with Crippen molar-refractivity contribution in [1.29, 1.82) is 0 Å². The minimum Gasteiger partial charge on any atom is -0.416 e. The number of rotatable bonds is 6. The molecule has 2 aromatic carbocycles. The van der Waals surface area contributed by atoms with Gasteiger partial charge in [0.25, 0.3) is 5.91 Å². The van der Waals surface area contributed by atoms with E-state index in [1.807, 2.05) is 31.2 Å². The number of aryl methyl sites for hydroxylation is 1. The van der Waals surface area contributed by atoms with Crippen molar-refractivity contribution in [3.8, 4) is 22.9 Å². The molecule has 9 heteroatoms. The Labute approximate surface area is 187 Å². The van der Waals surface area contributed by atoms with Gasteiger partial charge in [-0.1, -0.05) is 18.2 Å². The molecule has 0 saturated carbocycles. The lowest BCUT2D eigenvalue weighted by molar-refractivity contribution is 0.0676. The summed E-state index contributed by atoms with van der Waals surface area (Å²) >= 11 is 0. The first-order valence-electron chi connectivity index (χ1n) is 10.5. The summed E-state index contributed by atoms with van der Waals surface area (Å²) in [5, 5.41) is 8.31. The van der Waals surface area contributed by atoms with E-state index in [0.29, 0.717) is 37.0 Å². The van der Waals surface area contributed by atoms with E-state index in [4.69, 9.17) is 4.42 Å². The predicted molar refractivity (Wildman–Crippen MR) is 121 cm³/mol. The molecule has 8 nitrogen and oxygen atoms in total. The number of aromatic nitrogens is 2. The summed E-state index contributed by atoms with van der Waals surface area (Å²) in [6.07, 6.45) is 2.89. The molecule has 1 saturated heterocycles. The molecule has 0 radical (unpaired) electrons. The molecule has 168 valence electrons. The Balaban J connectivity index is 1.43. The van der Waals surface area contributed by atoms with Crippen LogP contribution in [0.2, 0.25) is 0 Å². The molecule has 0 aliphatic carbocycles. The van der Waals surface area contributed by atoms with Crippen LogP contribution in [0.4, 0.5) is 0 Å². The van der Waals surface area contributed by atoms with Gasteiger partial charge in [-0.05, 0) is 61.6 Å². The Morgan fingerprint density at radius 1 is 1.12 bits per heavy atom. The van der Waals surface area contributed by atoms with Crippen LogP contribution in [0, 0.1) is 12.8 Å². The van der Waals surface area contributed by atoms with E-state index in [2.05, 4.69) is 14.9 Å². The van der Waals surface area contributed by atoms with Crippen molar-refractivity contribution >= 4 is 15.9 Å². The van der Waals surface area contributed by atoms with Gasteiger partial charge >= 0.3 is 0 Å². The topological polar surface area (TPSA) is 105 Å². The van der Waals surface area contributed by atoms with Gasteiger partial charge in [0.15, 0.2) is 0 Å². The average molecular weight is 455 g/mol. The zero-order chi connectivity index (χ0) is 22.7. The van der Waals surface area contributed by atoms with Crippen molar-refractivity contribution in [3.05, 3.63) is 59.7 Å². The van der Waals surface area contributed by atoms with Gasteiger partial charge in [-0.3, -0.25) is 4.79 Å². The fourth-order valence-corrected chi connectivity index (χ4v) is 4.42. The third kappa shape index (κ3) is 5.23. The molecule has 1 N–H and O–H groups in total. The van der Waals surface area contributed by atoms with Crippen LogP contribution in [0.1, 0.15) is 28.8 Å². The molecular formula is C23H26N4O4S. The number of amides is 1. The lowest BCUT2D eigenvalue weighted by Crippen LogP contribution is -2.43. The number of carbonyl (C=O) groups excluding carboxylic acids is 1. The highest BCUT2D eigenvalue weighted by molar-refractivity contribution is 7.88. The summed E-state index contributed by atoms with van der Waals surface area (Å²) in [7, 11) is -3.24. The Morgan fingerprint density at radius 2 is 1.84 bits per heavy atom. The molecule has 1 aliphatic heterocycles. The van der Waals surface area contributed by atoms with Gasteiger partial charge in [-0.15, -0.1) is 10.2 Å². The minimum atomic E-state index is -3.24. The van der Waals surface area contributed by atoms with Gasteiger partial charge in [-0.2, -0.15) is 0 Å². The van der Waals surface area contributed by atoms with Crippen molar-refractivity contribution in [2.75, 3.05) is 25.9 Å². The first-order valence-corrected chi connectivity index (χ1v) is 12.4. The summed E-state index contributed by atoms with van der Waals surface area (Å²) < 4.78 is 31.1. The Kier molecular flexibility index (Phi) is 6.38. The SMILES string of the molecule is Cc1ccccc1-c1nnc(-c2ccc(C(=O)N3CCC[C@H](CNS(C)(=O)=O)C3)cc2)o1. The number of nitrogens with one attached hydrogen (secondary N) is 1. The van der Waals surface area contributed by atoms with Crippen LogP contribution in [-0.4, -0.2) is 55.3 Å². The van der Waals surface area contributed by atoms with E-state index in [-0.39, 0.29) is 11.8 Å². The zero-order valence-corrected chi connectivity index (χ0v) is 18.9. The summed E-state index contributed by atoms with van der Waals surface area (Å²) in [6.45, 7) is 3.54. The van der Waals surface area contributed by atoms with Gasteiger partial charge < -0.3 is 9.32 Å². The Hall–Kier alpha value is -3.04. The van der Waals surface area contributed by atoms with Crippen LogP contribution < -0.4 is 4.72 Å². The monoisotopic (exact) mass is 454 g/mol. The average Bonchev–Trinajstić information content (AvgIpc) is 3.27. The van der Waals surface area contributed by atoms with Crippen LogP contribution in [0.3, 0.4) is 0 Å². The van der Waals surface area contributed by atoms with E-state index in [9.17, 15) is 13.2 Å². The highest BCUT2D eigenvalue weighted by atomic mass is 32.2. The lowest BCUT2D eigenvalue weighted by atomic mass is 9.97. The second-order valence-electron chi connectivity index (χ2n) is 8.18. The van der Waals surface area contributed by atoms with E-state index >= 15 is 0 Å². The molecule has 1 aliphatic rings. The molecule has 0 bridgehead atoms. The summed E-state index contributed by atoms with van der Waals surface area (Å²) in [4.78, 5) is 14.7. The third-order valence-corrected chi connectivity index (χ3v) is 6.31. The Morgan fingerprint density at radius 3 is 2.56 bits per heavy atom. The predicted octanol–water partition coefficient (Wildman–Crippen LogP) is 3.11. The van der Waals surface area contributed by atoms with Gasteiger partial charge in [-0.25, -0.2) is 13.1 Å². The first kappa shape index (κ1) is 22.2. The zero-order valence-electron chi connectivity index (χ0n) is 18.1. The maximum atomic E-state index is 13.0. The number of piperidine rings is 1. The highest BCUT2D eigenvalue weighted by Crippen LogP contribution is 2.26. The summed E-state index contributed by atoms with van der Waals surface area (Å²) in [5.74, 6) is 0.902. The number of hydrogen-bond acceptors (Lipinski definition) is 6. The van der Waals surface area contributed by atoms with Crippen LogP contribution in [0.5, 0.6) is 0 Å². The normalized spacial score (nSPS) is 16.8. The molecule has 0 unspecified atom stereocenters. The molecule has 1 atom stereocenters. The summed E-state index contributed by atoms with van der Waals surface area (Å²) in [5.41, 5.74) is 3.25. The number of hydrogen-bond donors (Lipinski definition) is 1. The molecule has 2 heterocycles. The maximum absolute atomic E-state index is 13.0. The van der Waals surface area contributed by atoms with Crippen molar-refractivity contribution in [2.45, 2.75) is 19.8 Å². The van der Waals surface area contributed by atoms with Crippen LogP contribution in [0.15, 0.2) is 52.9 Å². The third-order valence-electron chi connectivity index (χ3n) is 5.62. The molecule has 1 aromatic heterocycles. The molecule has 1 fully saturated rings. The fraction of sp³-hybridized carbons (Fsp3) is 0.348. The fourth-order valence-electron chi connectivity index (χ4n) is 3.88. The number of sulfonamides is 1. The molecule has 3 aromatic rings. The molecular weight excluding hydrogens is 428 g/mol. The van der Waals surface area contributed by atoms with E-state index in [0.717, 1.165) is 35.8 Å². The van der Waals surface area contributed by atoms with Gasteiger partial charge in [0.05, 0.1) is 6.26 Å². The Bertz CT molecular complexity index is 1200. The second kappa shape index (κ2) is 9.22. The van der Waals surface area contributed by atoms with Crippen molar-refractivity contribution < 1.29 is 17.6 Å². The number of nitrogens with zero attached hydrogens (tertiary/aromatic N) is 3. The standard InChI is InChI=1S/C23H26N4O4S/c1-16-6-3-4-8-20(16)22-26-25-21(31-22)18-9-11-19(12-10-18)23(28)27-13-5-7-17(15-27)14-24-32(2,29)30/h3-4,6,8-12,17,24H,5,7,13-15H2,1-2H3/t17-/m1/s1. The van der Waals surface area contributed by atoms with Gasteiger partial charge in [0, 0.05) is 36.3 Å². The second-order valence-corrected chi connectivity index (χ2v) is 10.0. The highest BCUT2D eigenvalue weighted by Gasteiger charge is 2.25. The first-order chi connectivity index (χ1) is 15.3. The molecule has 32 heavy (non-hydrogen) atoms. The van der Waals surface area contributed by atoms with Crippen LogP contribution in [-0.2, 0) is 10.0 Å². The minimum absolute atomic E-state index is 0.0632. The van der Waals surface area contributed by atoms with Crippen molar-refractivity contribution in [1.82, 2.24) is 19.8 Å². The largest absolute Gasteiger partial charge is 0.416 e. The molecule has 1 amide bonds. The van der Waals surface area contributed by atoms with Crippen molar-refractivity contribution in [2.24, 2.45) is 5.92 Å². The maximum Gasteiger partial charge on any atom is 0.253 e. The molecule has 0 spiro atoms. The van der Waals surface area contributed by atoms with Crippen LogP contribution >= 0.6 is 0 Å². The van der Waals surface area contributed by atoms with E-state index in [1.165, 1.54) is 0 Å². The van der Waals surface area contributed by atoms with Crippen molar-refractivity contribution in [3.63, 3.8) is 0 Å².